The summed E-state index contributed by atoms with van der Waals surface area (Å²) in [7, 11) is -3.45. The third kappa shape index (κ3) is 2.62. The molecule has 1 saturated heterocycles. The van der Waals surface area contributed by atoms with Crippen molar-refractivity contribution in [2.75, 3.05) is 13.1 Å². The SMILES string of the molecule is O=C(O)c1cc(-c2ccc(S(=O)(=O)N3CCCC3)cc2)on1. The predicted octanol–water partition coefficient (Wildman–Crippen LogP) is 1.82. The number of carboxylic acids is 1. The molecule has 3 rings (SSSR count). The zero-order valence-corrected chi connectivity index (χ0v) is 12.4. The van der Waals surface area contributed by atoms with Crippen molar-refractivity contribution in [3.05, 3.63) is 36.0 Å². The van der Waals surface area contributed by atoms with E-state index in [0.29, 0.717) is 18.7 Å². The molecule has 0 amide bonds. The number of hydrogen-bond donors (Lipinski definition) is 1. The molecule has 2 heterocycles. The van der Waals surface area contributed by atoms with E-state index in [-0.39, 0.29) is 16.3 Å². The van der Waals surface area contributed by atoms with Crippen molar-refractivity contribution in [1.82, 2.24) is 9.46 Å². The number of hydrogen-bond acceptors (Lipinski definition) is 5. The summed E-state index contributed by atoms with van der Waals surface area (Å²) in [6.07, 6.45) is 1.76. The van der Waals surface area contributed by atoms with Crippen molar-refractivity contribution >= 4 is 16.0 Å². The molecule has 0 atom stereocenters. The van der Waals surface area contributed by atoms with Crippen LogP contribution in [0.15, 0.2) is 39.8 Å². The molecule has 22 heavy (non-hydrogen) atoms. The lowest BCUT2D eigenvalue weighted by atomic mass is 10.1. The molecule has 1 fully saturated rings. The van der Waals surface area contributed by atoms with E-state index in [4.69, 9.17) is 9.63 Å². The fourth-order valence-corrected chi connectivity index (χ4v) is 3.90. The van der Waals surface area contributed by atoms with Crippen LogP contribution in [-0.2, 0) is 10.0 Å². The van der Waals surface area contributed by atoms with E-state index in [1.165, 1.54) is 22.5 Å². The maximum atomic E-state index is 12.4. The fraction of sp³-hybridized carbons (Fsp3) is 0.286. The van der Waals surface area contributed by atoms with E-state index in [1.54, 1.807) is 12.1 Å². The number of rotatable bonds is 4. The van der Waals surface area contributed by atoms with Gasteiger partial charge in [-0.2, -0.15) is 4.31 Å². The van der Waals surface area contributed by atoms with Gasteiger partial charge in [0.25, 0.3) is 0 Å². The van der Waals surface area contributed by atoms with Gasteiger partial charge in [0.2, 0.25) is 10.0 Å². The molecule has 0 bridgehead atoms. The number of carbonyl (C=O) groups is 1. The van der Waals surface area contributed by atoms with Gasteiger partial charge in [-0.15, -0.1) is 0 Å². The Morgan fingerprint density at radius 1 is 1.18 bits per heavy atom. The van der Waals surface area contributed by atoms with Gasteiger partial charge in [0.1, 0.15) is 0 Å². The van der Waals surface area contributed by atoms with E-state index in [1.807, 2.05) is 0 Å². The fourth-order valence-electron chi connectivity index (χ4n) is 2.38. The Balaban J connectivity index is 1.87. The Hall–Kier alpha value is -2.19. The highest BCUT2D eigenvalue weighted by Crippen LogP contribution is 2.25. The normalized spacial score (nSPS) is 16.0. The van der Waals surface area contributed by atoms with E-state index < -0.39 is 16.0 Å². The van der Waals surface area contributed by atoms with E-state index in [9.17, 15) is 13.2 Å². The van der Waals surface area contributed by atoms with Gasteiger partial charge in [0.15, 0.2) is 11.5 Å². The maximum Gasteiger partial charge on any atom is 0.358 e. The molecule has 1 aromatic heterocycles. The van der Waals surface area contributed by atoms with Crippen LogP contribution in [0.4, 0.5) is 0 Å². The first-order chi connectivity index (χ1) is 10.5. The van der Waals surface area contributed by atoms with Crippen molar-refractivity contribution in [2.45, 2.75) is 17.7 Å². The quantitative estimate of drug-likeness (QED) is 0.921. The summed E-state index contributed by atoms with van der Waals surface area (Å²) in [6.45, 7) is 1.10. The average Bonchev–Trinajstić information content (AvgIpc) is 3.19. The number of aromatic carboxylic acids is 1. The third-order valence-corrected chi connectivity index (χ3v) is 5.48. The number of nitrogens with zero attached hydrogens (tertiary/aromatic N) is 2. The summed E-state index contributed by atoms with van der Waals surface area (Å²) in [5, 5.41) is 12.2. The first kappa shape index (κ1) is 14.7. The minimum atomic E-state index is -3.45. The van der Waals surface area contributed by atoms with Crippen molar-refractivity contribution in [2.24, 2.45) is 0 Å². The molecule has 8 heteroatoms. The van der Waals surface area contributed by atoms with Gasteiger partial charge in [-0.05, 0) is 37.1 Å². The number of benzene rings is 1. The Morgan fingerprint density at radius 3 is 2.36 bits per heavy atom. The molecular formula is C14H14N2O5S. The first-order valence-corrected chi connectivity index (χ1v) is 8.23. The highest BCUT2D eigenvalue weighted by Gasteiger charge is 2.27. The topological polar surface area (TPSA) is 101 Å². The van der Waals surface area contributed by atoms with Gasteiger partial charge in [0.05, 0.1) is 4.90 Å². The molecule has 1 aromatic carbocycles. The van der Waals surface area contributed by atoms with Crippen LogP contribution in [0, 0.1) is 0 Å². The summed E-state index contributed by atoms with van der Waals surface area (Å²) in [5.41, 5.74) is 0.379. The standard InChI is InChI=1S/C14H14N2O5S/c17-14(18)12-9-13(21-15-12)10-3-5-11(6-4-10)22(19,20)16-7-1-2-8-16/h3-6,9H,1-2,7-8H2,(H,17,18). The van der Waals surface area contributed by atoms with Crippen LogP contribution in [0.25, 0.3) is 11.3 Å². The van der Waals surface area contributed by atoms with Crippen molar-refractivity contribution in [3.8, 4) is 11.3 Å². The minimum Gasteiger partial charge on any atom is -0.476 e. The molecule has 0 aliphatic carbocycles. The summed E-state index contributed by atoms with van der Waals surface area (Å²) in [5.74, 6) is -0.897. The smallest absolute Gasteiger partial charge is 0.358 e. The first-order valence-electron chi connectivity index (χ1n) is 6.79. The highest BCUT2D eigenvalue weighted by atomic mass is 32.2. The van der Waals surface area contributed by atoms with Crippen LogP contribution >= 0.6 is 0 Å². The number of aromatic nitrogens is 1. The minimum absolute atomic E-state index is 0.191. The second-order valence-electron chi connectivity index (χ2n) is 5.02. The lowest BCUT2D eigenvalue weighted by Crippen LogP contribution is -2.27. The average molecular weight is 322 g/mol. The lowest BCUT2D eigenvalue weighted by Gasteiger charge is -2.15. The van der Waals surface area contributed by atoms with Gasteiger partial charge in [0, 0.05) is 24.7 Å². The van der Waals surface area contributed by atoms with Crippen LogP contribution < -0.4 is 0 Å². The molecule has 0 saturated carbocycles. The van der Waals surface area contributed by atoms with Crippen LogP contribution in [0.5, 0.6) is 0 Å². The Kier molecular flexibility index (Phi) is 3.71. The molecule has 116 valence electrons. The van der Waals surface area contributed by atoms with Gasteiger partial charge in [-0.3, -0.25) is 0 Å². The molecule has 1 N–H and O–H groups in total. The lowest BCUT2D eigenvalue weighted by molar-refractivity contribution is 0.0686. The molecule has 0 radical (unpaired) electrons. The van der Waals surface area contributed by atoms with Crippen LogP contribution in [0.3, 0.4) is 0 Å². The molecule has 2 aromatic rings. The van der Waals surface area contributed by atoms with Crippen LogP contribution in [0.1, 0.15) is 23.3 Å². The summed E-state index contributed by atoms with van der Waals surface area (Å²) >= 11 is 0. The molecule has 0 unspecified atom stereocenters. The van der Waals surface area contributed by atoms with Crippen molar-refractivity contribution in [1.29, 1.82) is 0 Å². The molecule has 1 aliphatic heterocycles. The number of carboxylic acid groups (broad SMARTS) is 1. The molecule has 1 aliphatic rings. The summed E-state index contributed by atoms with van der Waals surface area (Å²) < 4.78 is 31.2. The Labute approximate surface area is 127 Å². The largest absolute Gasteiger partial charge is 0.476 e. The van der Waals surface area contributed by atoms with Gasteiger partial charge >= 0.3 is 5.97 Å². The zero-order valence-electron chi connectivity index (χ0n) is 11.6. The van der Waals surface area contributed by atoms with Crippen molar-refractivity contribution in [3.63, 3.8) is 0 Å². The Bertz CT molecular complexity index is 789. The zero-order chi connectivity index (χ0) is 15.7. The Morgan fingerprint density at radius 2 is 1.82 bits per heavy atom. The third-order valence-electron chi connectivity index (χ3n) is 3.57. The van der Waals surface area contributed by atoms with E-state index in [2.05, 4.69) is 5.16 Å². The van der Waals surface area contributed by atoms with E-state index >= 15 is 0 Å². The van der Waals surface area contributed by atoms with Crippen LogP contribution in [0.2, 0.25) is 0 Å². The van der Waals surface area contributed by atoms with Gasteiger partial charge < -0.3 is 9.63 Å². The second-order valence-corrected chi connectivity index (χ2v) is 6.96. The van der Waals surface area contributed by atoms with Crippen molar-refractivity contribution < 1.29 is 22.8 Å². The highest BCUT2D eigenvalue weighted by molar-refractivity contribution is 7.89. The maximum absolute atomic E-state index is 12.4. The summed E-state index contributed by atoms with van der Waals surface area (Å²) in [4.78, 5) is 11.0. The predicted molar refractivity (Wildman–Crippen MR) is 76.9 cm³/mol. The summed E-state index contributed by atoms with van der Waals surface area (Å²) in [6, 6.07) is 7.44. The van der Waals surface area contributed by atoms with E-state index in [0.717, 1.165) is 12.8 Å². The van der Waals surface area contributed by atoms with Crippen LogP contribution in [-0.4, -0.2) is 42.0 Å². The molecule has 0 spiro atoms. The second kappa shape index (κ2) is 5.54. The number of sulfonamides is 1. The monoisotopic (exact) mass is 322 g/mol. The molecule has 7 nitrogen and oxygen atoms in total. The molecular weight excluding hydrogens is 308 g/mol. The van der Waals surface area contributed by atoms with Gasteiger partial charge in [-0.1, -0.05) is 5.16 Å². The van der Waals surface area contributed by atoms with Gasteiger partial charge in [-0.25, -0.2) is 13.2 Å².